The van der Waals surface area contributed by atoms with Gasteiger partial charge in [-0.2, -0.15) is 13.9 Å². The van der Waals surface area contributed by atoms with Gasteiger partial charge >= 0.3 is 7.82 Å². The Morgan fingerprint density at radius 2 is 0.850 bits per heavy atom. The lowest BCUT2D eigenvalue weighted by Gasteiger charge is -2.29. The third-order valence-corrected chi connectivity index (χ3v) is 3.91. The fourth-order valence-corrected chi connectivity index (χ4v) is 2.21. The molecule has 122 valence electrons. The molecule has 0 aromatic carbocycles. The molecule has 0 radical (unpaired) electrons. The molecule has 0 aromatic rings. The Morgan fingerprint density at radius 1 is 0.650 bits per heavy atom. The fourth-order valence-electron chi connectivity index (χ4n) is 0.511. The van der Waals surface area contributed by atoms with Gasteiger partial charge in [-0.1, -0.05) is 0 Å². The topological polar surface area (TPSA) is 64.2 Å². The fraction of sp³-hybridized carbons (Fsp3) is 1.00. The van der Waals surface area contributed by atoms with E-state index in [-0.39, 0.29) is 0 Å². The van der Waals surface area contributed by atoms with Crippen molar-refractivity contribution < 1.29 is 18.4 Å². The third-order valence-electron chi connectivity index (χ3n) is 1.45. The number of hydrogen-bond acceptors (Lipinski definition) is 10. The van der Waals surface area contributed by atoms with Crippen LogP contribution in [-0.2, 0) is 18.4 Å². The van der Waals surface area contributed by atoms with Crippen molar-refractivity contribution in [3.8, 4) is 0 Å². The average molecular weight is 376 g/mol. The second-order valence-electron chi connectivity index (χ2n) is 3.91. The first-order valence-corrected chi connectivity index (χ1v) is 7.54. The first-order chi connectivity index (χ1) is 8.98. The van der Waals surface area contributed by atoms with Crippen molar-refractivity contribution >= 4 is 43.2 Å². The highest BCUT2D eigenvalue weighted by Crippen LogP contribution is 2.53. The molecule has 0 atom stereocenters. The third kappa shape index (κ3) is 7.66. The van der Waals surface area contributed by atoms with Crippen molar-refractivity contribution in [2.24, 2.45) is 0 Å². The van der Waals surface area contributed by atoms with E-state index in [0.29, 0.717) is 14.1 Å². The molecule has 0 unspecified atom stereocenters. The molecular formula is C6H18Cl3N6O4P. The van der Waals surface area contributed by atoms with Crippen LogP contribution in [0.4, 0.5) is 0 Å². The molecule has 0 N–H and O–H groups in total. The normalized spacial score (nSPS) is 13.8. The van der Waals surface area contributed by atoms with E-state index in [9.17, 15) is 4.57 Å². The van der Waals surface area contributed by atoms with Crippen LogP contribution in [0.25, 0.3) is 0 Å². The molecule has 0 aliphatic rings. The molecule has 0 aliphatic carbocycles. The number of phosphoric acid groups is 1. The van der Waals surface area contributed by atoms with Crippen molar-refractivity contribution in [1.29, 1.82) is 0 Å². The van der Waals surface area contributed by atoms with Gasteiger partial charge in [0.25, 0.3) is 0 Å². The van der Waals surface area contributed by atoms with Gasteiger partial charge in [0.05, 0.1) is 0 Å². The van der Waals surface area contributed by atoms with E-state index in [1.807, 2.05) is 0 Å². The molecular weight excluding hydrogens is 357 g/mol. The van der Waals surface area contributed by atoms with E-state index in [0.717, 1.165) is 0 Å². The van der Waals surface area contributed by atoms with Crippen LogP contribution in [0.3, 0.4) is 0 Å². The summed E-state index contributed by atoms with van der Waals surface area (Å²) >= 11 is 17.0. The molecule has 0 aliphatic heterocycles. The molecule has 0 spiro atoms. The first kappa shape index (κ1) is 20.7. The van der Waals surface area contributed by atoms with Gasteiger partial charge in [0.2, 0.25) is 0 Å². The van der Waals surface area contributed by atoms with Crippen molar-refractivity contribution in [3.63, 3.8) is 0 Å². The smallest absolute Gasteiger partial charge is 0.223 e. The number of hydrogen-bond donors (Lipinski definition) is 0. The second-order valence-corrected chi connectivity index (χ2v) is 6.16. The summed E-state index contributed by atoms with van der Waals surface area (Å²) in [5, 5.41) is 3.80. The average Bonchev–Trinajstić information content (AvgIpc) is 2.27. The van der Waals surface area contributed by atoms with Gasteiger partial charge in [-0.25, -0.2) is 19.6 Å². The first-order valence-electron chi connectivity index (χ1n) is 5.07. The highest BCUT2D eigenvalue weighted by Gasteiger charge is 2.38. The van der Waals surface area contributed by atoms with E-state index in [4.69, 9.17) is 49.2 Å². The predicted molar refractivity (Wildman–Crippen MR) is 75.0 cm³/mol. The van der Waals surface area contributed by atoms with Crippen LogP contribution in [0.1, 0.15) is 0 Å². The standard InChI is InChI=1S/C6H18Cl3N6O4P/c1-10(2)13(7)17-20(16,18-14(8)11(3)4)19-15(9)12(5)6/h1-6H3. The summed E-state index contributed by atoms with van der Waals surface area (Å²) in [5.74, 6) is 0. The second kappa shape index (κ2) is 9.01. The van der Waals surface area contributed by atoms with Crippen LogP contribution in [0, 0.1) is 0 Å². The van der Waals surface area contributed by atoms with Crippen LogP contribution in [0.5, 0.6) is 0 Å². The summed E-state index contributed by atoms with van der Waals surface area (Å²) in [6.45, 7) is 0. The zero-order chi connectivity index (χ0) is 16.1. The molecule has 0 amide bonds. The maximum Gasteiger partial charge on any atom is 0.532 e. The molecule has 0 bridgehead atoms. The van der Waals surface area contributed by atoms with E-state index < -0.39 is 7.82 Å². The molecule has 10 nitrogen and oxygen atoms in total. The summed E-state index contributed by atoms with van der Waals surface area (Å²) in [7, 11) is 4.91. The summed E-state index contributed by atoms with van der Waals surface area (Å²) in [5.41, 5.74) is 0. The van der Waals surface area contributed by atoms with Crippen LogP contribution < -0.4 is 0 Å². The molecule has 0 heterocycles. The lowest BCUT2D eigenvalue weighted by atomic mass is 11.2. The molecule has 14 heteroatoms. The Morgan fingerprint density at radius 3 is 1.00 bits per heavy atom. The summed E-state index contributed by atoms with van der Waals surface area (Å²) in [6.07, 6.45) is 0. The quantitative estimate of drug-likeness (QED) is 0.338. The largest absolute Gasteiger partial charge is 0.532 e. The Balaban J connectivity index is 4.97. The predicted octanol–water partition coefficient (Wildman–Crippen LogP) is 1.69. The van der Waals surface area contributed by atoms with E-state index >= 15 is 0 Å². The summed E-state index contributed by atoms with van der Waals surface area (Å²) in [4.78, 5) is 0. The molecule has 0 saturated heterocycles. The van der Waals surface area contributed by atoms with Gasteiger partial charge in [0.1, 0.15) is 0 Å². The number of nitrogens with zero attached hydrogens (tertiary/aromatic N) is 6. The van der Waals surface area contributed by atoms with Crippen LogP contribution in [0.15, 0.2) is 0 Å². The SMILES string of the molecule is CN(C)N(Cl)OP(=O)(ON(Cl)N(C)C)ON(Cl)N(C)C. The van der Waals surface area contributed by atoms with Gasteiger partial charge in [0, 0.05) is 77.6 Å². The lowest BCUT2D eigenvalue weighted by molar-refractivity contribution is -0.220. The Hall–Kier alpha value is 0.740. The van der Waals surface area contributed by atoms with Gasteiger partial charge in [-0.05, 0) is 14.1 Å². The Kier molecular flexibility index (Phi) is 9.34. The highest BCUT2D eigenvalue weighted by molar-refractivity contribution is 7.48. The number of hydrazine groups is 3. The van der Waals surface area contributed by atoms with Crippen molar-refractivity contribution in [3.05, 3.63) is 0 Å². The molecule has 0 saturated carbocycles. The van der Waals surface area contributed by atoms with Crippen LogP contribution in [-0.4, -0.2) is 71.4 Å². The van der Waals surface area contributed by atoms with Gasteiger partial charge in [0.15, 0.2) is 0 Å². The minimum atomic E-state index is -4.29. The van der Waals surface area contributed by atoms with E-state index in [1.165, 1.54) is 57.3 Å². The van der Waals surface area contributed by atoms with Crippen molar-refractivity contribution in [2.75, 3.05) is 42.3 Å². The monoisotopic (exact) mass is 374 g/mol. The zero-order valence-electron chi connectivity index (χ0n) is 11.9. The molecule has 20 heavy (non-hydrogen) atoms. The highest BCUT2D eigenvalue weighted by atomic mass is 35.5. The van der Waals surface area contributed by atoms with E-state index in [2.05, 4.69) is 0 Å². The maximum atomic E-state index is 12.4. The maximum absolute atomic E-state index is 12.4. The van der Waals surface area contributed by atoms with Crippen molar-refractivity contribution in [1.82, 2.24) is 29.1 Å². The lowest BCUT2D eigenvalue weighted by Crippen LogP contribution is -2.35. The summed E-state index contributed by atoms with van der Waals surface area (Å²) in [6, 6.07) is 0. The Bertz CT molecular complexity index is 290. The van der Waals surface area contributed by atoms with Gasteiger partial charge in [-0.15, -0.1) is 0 Å². The van der Waals surface area contributed by atoms with Crippen LogP contribution in [0.2, 0.25) is 0 Å². The van der Waals surface area contributed by atoms with Crippen LogP contribution >= 0.6 is 43.2 Å². The van der Waals surface area contributed by atoms with Crippen molar-refractivity contribution in [2.45, 2.75) is 0 Å². The number of rotatable bonds is 9. The molecule has 0 fully saturated rings. The van der Waals surface area contributed by atoms with Gasteiger partial charge < -0.3 is 0 Å². The minimum absolute atomic E-state index is 0.613. The summed E-state index contributed by atoms with van der Waals surface area (Å²) < 4.78 is 28.9. The number of halogens is 3. The molecule has 0 rings (SSSR count). The zero-order valence-corrected chi connectivity index (χ0v) is 15.1. The van der Waals surface area contributed by atoms with E-state index in [1.54, 1.807) is 0 Å². The molecule has 0 aromatic heterocycles. The minimum Gasteiger partial charge on any atom is -0.223 e. The van der Waals surface area contributed by atoms with Gasteiger partial charge in [-0.3, -0.25) is 0 Å². The Labute approximate surface area is 133 Å².